The summed E-state index contributed by atoms with van der Waals surface area (Å²) >= 11 is 0. The Morgan fingerprint density at radius 3 is 2.41 bits per heavy atom. The van der Waals surface area contributed by atoms with Gasteiger partial charge in [0.25, 0.3) is 0 Å². The van der Waals surface area contributed by atoms with Crippen molar-refractivity contribution in [3.63, 3.8) is 0 Å². The number of hydrogen-bond acceptors (Lipinski definition) is 5. The Morgan fingerprint density at radius 1 is 1.15 bits per heavy atom. The van der Waals surface area contributed by atoms with Gasteiger partial charge in [-0.2, -0.15) is 0 Å². The van der Waals surface area contributed by atoms with Gasteiger partial charge in [-0.25, -0.2) is 9.59 Å². The van der Waals surface area contributed by atoms with E-state index < -0.39 is 5.60 Å². The second kappa shape index (κ2) is 7.38. The maximum absolute atomic E-state index is 12.3. The molecule has 7 heteroatoms. The first-order valence-corrected chi connectivity index (χ1v) is 9.38. The largest absolute Gasteiger partial charge is 0.445 e. The topological polar surface area (TPSA) is 85.1 Å². The van der Waals surface area contributed by atoms with Crippen molar-refractivity contribution in [3.05, 3.63) is 35.9 Å². The minimum atomic E-state index is -0.506. The zero-order valence-electron chi connectivity index (χ0n) is 16.3. The van der Waals surface area contributed by atoms with E-state index in [4.69, 9.17) is 15.2 Å². The smallest absolute Gasteiger partial charge is 0.410 e. The molecule has 1 aromatic carbocycles. The minimum Gasteiger partial charge on any atom is -0.445 e. The molecule has 2 heterocycles. The lowest BCUT2D eigenvalue weighted by atomic mass is 9.69. The molecule has 1 unspecified atom stereocenters. The van der Waals surface area contributed by atoms with E-state index in [1.165, 1.54) is 0 Å². The predicted octanol–water partition coefficient (Wildman–Crippen LogP) is 2.59. The Bertz CT molecular complexity index is 680. The van der Waals surface area contributed by atoms with E-state index in [1.54, 1.807) is 9.80 Å². The molecule has 2 amide bonds. The van der Waals surface area contributed by atoms with Crippen LogP contribution in [0.25, 0.3) is 0 Å². The van der Waals surface area contributed by atoms with Crippen molar-refractivity contribution in [2.75, 3.05) is 26.2 Å². The van der Waals surface area contributed by atoms with Crippen LogP contribution in [0.1, 0.15) is 32.8 Å². The second-order valence-corrected chi connectivity index (χ2v) is 8.54. The molecule has 2 fully saturated rings. The van der Waals surface area contributed by atoms with E-state index in [-0.39, 0.29) is 30.3 Å². The van der Waals surface area contributed by atoms with E-state index in [0.717, 1.165) is 12.0 Å². The molecule has 2 saturated heterocycles. The van der Waals surface area contributed by atoms with Crippen molar-refractivity contribution in [3.8, 4) is 0 Å². The number of likely N-dealkylation sites (tertiary alicyclic amines) is 2. The first-order chi connectivity index (χ1) is 12.7. The van der Waals surface area contributed by atoms with Crippen LogP contribution in [0.15, 0.2) is 30.3 Å². The Kier molecular flexibility index (Phi) is 5.33. The van der Waals surface area contributed by atoms with Crippen LogP contribution in [0.2, 0.25) is 0 Å². The van der Waals surface area contributed by atoms with E-state index in [2.05, 4.69) is 0 Å². The highest BCUT2D eigenvalue weighted by molar-refractivity contribution is 5.70. The summed E-state index contributed by atoms with van der Waals surface area (Å²) < 4.78 is 10.8. The van der Waals surface area contributed by atoms with Gasteiger partial charge in [0, 0.05) is 37.6 Å². The summed E-state index contributed by atoms with van der Waals surface area (Å²) in [4.78, 5) is 27.8. The van der Waals surface area contributed by atoms with E-state index in [0.29, 0.717) is 26.2 Å². The van der Waals surface area contributed by atoms with Gasteiger partial charge < -0.3 is 25.0 Å². The van der Waals surface area contributed by atoms with Crippen LogP contribution in [0, 0.1) is 5.41 Å². The molecule has 27 heavy (non-hydrogen) atoms. The van der Waals surface area contributed by atoms with Gasteiger partial charge in [0.2, 0.25) is 0 Å². The third-order valence-electron chi connectivity index (χ3n) is 5.21. The molecular formula is C20H29N3O4. The van der Waals surface area contributed by atoms with Gasteiger partial charge in [-0.05, 0) is 32.8 Å². The first kappa shape index (κ1) is 19.5. The third-order valence-corrected chi connectivity index (χ3v) is 5.21. The van der Waals surface area contributed by atoms with Gasteiger partial charge in [0.15, 0.2) is 0 Å². The van der Waals surface area contributed by atoms with Crippen LogP contribution in [0.5, 0.6) is 0 Å². The van der Waals surface area contributed by atoms with Gasteiger partial charge >= 0.3 is 12.2 Å². The zero-order chi connectivity index (χ0) is 19.7. The molecule has 2 aliphatic heterocycles. The zero-order valence-corrected chi connectivity index (χ0v) is 16.3. The highest BCUT2D eigenvalue weighted by Crippen LogP contribution is 2.40. The number of ether oxygens (including phenoxy) is 2. The van der Waals surface area contributed by atoms with Crippen LogP contribution >= 0.6 is 0 Å². The fourth-order valence-corrected chi connectivity index (χ4v) is 3.60. The first-order valence-electron chi connectivity index (χ1n) is 9.38. The van der Waals surface area contributed by atoms with Gasteiger partial charge in [0.1, 0.15) is 12.2 Å². The monoisotopic (exact) mass is 375 g/mol. The van der Waals surface area contributed by atoms with Crippen LogP contribution in [-0.2, 0) is 16.1 Å². The Hall–Kier alpha value is -2.28. The SMILES string of the molecule is CC(C)(C)OC(=O)N1CC2(CCN(C(=O)OCc3ccccc3)CC2N)C1. The van der Waals surface area contributed by atoms with Crippen molar-refractivity contribution in [1.82, 2.24) is 9.80 Å². The third kappa shape index (κ3) is 4.53. The predicted molar refractivity (Wildman–Crippen MR) is 101 cm³/mol. The standard InChI is InChI=1S/C20H29N3O4/c1-19(2,3)27-18(25)23-13-20(14-23)9-10-22(11-16(20)21)17(24)26-12-15-7-5-4-6-8-15/h4-8,16H,9-14,21H2,1-3H3. The highest BCUT2D eigenvalue weighted by atomic mass is 16.6. The average molecular weight is 375 g/mol. The molecule has 1 atom stereocenters. The van der Waals surface area contributed by atoms with E-state index in [9.17, 15) is 9.59 Å². The van der Waals surface area contributed by atoms with Crippen LogP contribution in [-0.4, -0.2) is 59.8 Å². The Balaban J connectivity index is 1.47. The summed E-state index contributed by atoms with van der Waals surface area (Å²) in [5.74, 6) is 0. The van der Waals surface area contributed by atoms with Crippen molar-refractivity contribution >= 4 is 12.2 Å². The number of carbonyl (C=O) groups excluding carboxylic acids is 2. The van der Waals surface area contributed by atoms with Gasteiger partial charge in [-0.3, -0.25) is 0 Å². The Morgan fingerprint density at radius 2 is 1.81 bits per heavy atom. The molecule has 1 spiro atoms. The lowest BCUT2D eigenvalue weighted by Gasteiger charge is -2.56. The normalized spacial score (nSPS) is 21.6. The van der Waals surface area contributed by atoms with Crippen molar-refractivity contribution in [2.24, 2.45) is 11.1 Å². The van der Waals surface area contributed by atoms with E-state index in [1.807, 2.05) is 51.1 Å². The molecule has 2 N–H and O–H groups in total. The summed E-state index contributed by atoms with van der Waals surface area (Å²) in [7, 11) is 0. The number of amides is 2. The molecule has 3 rings (SSSR count). The molecule has 0 saturated carbocycles. The number of carbonyl (C=O) groups is 2. The number of hydrogen-bond donors (Lipinski definition) is 1. The maximum Gasteiger partial charge on any atom is 0.410 e. The lowest BCUT2D eigenvalue weighted by Crippen LogP contribution is -2.71. The van der Waals surface area contributed by atoms with Crippen molar-refractivity contribution in [1.29, 1.82) is 0 Å². The molecule has 1 aromatic rings. The summed E-state index contributed by atoms with van der Waals surface area (Å²) in [5.41, 5.74) is 6.69. The van der Waals surface area contributed by atoms with E-state index >= 15 is 0 Å². The average Bonchev–Trinajstić information content (AvgIpc) is 2.57. The number of rotatable bonds is 2. The van der Waals surface area contributed by atoms with Crippen LogP contribution in [0.4, 0.5) is 9.59 Å². The van der Waals surface area contributed by atoms with Gasteiger partial charge in [-0.15, -0.1) is 0 Å². The summed E-state index contributed by atoms with van der Waals surface area (Å²) in [5, 5.41) is 0. The van der Waals surface area contributed by atoms with Crippen molar-refractivity contribution < 1.29 is 19.1 Å². The lowest BCUT2D eigenvalue weighted by molar-refractivity contribution is -0.0681. The quantitative estimate of drug-likeness (QED) is 0.859. The molecule has 0 bridgehead atoms. The number of nitrogens with two attached hydrogens (primary N) is 1. The summed E-state index contributed by atoms with van der Waals surface area (Å²) in [6.07, 6.45) is 0.117. The molecule has 2 aliphatic rings. The summed E-state index contributed by atoms with van der Waals surface area (Å²) in [6.45, 7) is 8.00. The molecule has 148 valence electrons. The molecule has 7 nitrogen and oxygen atoms in total. The van der Waals surface area contributed by atoms with Gasteiger partial charge in [0.05, 0.1) is 0 Å². The maximum atomic E-state index is 12.3. The molecular weight excluding hydrogens is 346 g/mol. The summed E-state index contributed by atoms with van der Waals surface area (Å²) in [6, 6.07) is 9.41. The van der Waals surface area contributed by atoms with Gasteiger partial charge in [-0.1, -0.05) is 30.3 Å². The number of benzene rings is 1. The fourth-order valence-electron chi connectivity index (χ4n) is 3.60. The Labute approximate surface area is 160 Å². The molecule has 0 aromatic heterocycles. The van der Waals surface area contributed by atoms with Crippen LogP contribution < -0.4 is 5.73 Å². The number of nitrogens with zero attached hydrogens (tertiary/aromatic N) is 2. The van der Waals surface area contributed by atoms with Crippen LogP contribution in [0.3, 0.4) is 0 Å². The molecule has 0 radical (unpaired) electrons. The minimum absolute atomic E-state index is 0.132. The number of piperidine rings is 1. The fraction of sp³-hybridized carbons (Fsp3) is 0.600. The molecule has 0 aliphatic carbocycles. The highest BCUT2D eigenvalue weighted by Gasteiger charge is 2.52. The second-order valence-electron chi connectivity index (χ2n) is 8.54. The van der Waals surface area contributed by atoms with Crippen molar-refractivity contribution in [2.45, 2.75) is 45.4 Å².